The van der Waals surface area contributed by atoms with Crippen LogP contribution in [0.3, 0.4) is 0 Å². The van der Waals surface area contributed by atoms with Crippen LogP contribution in [0.2, 0.25) is 0 Å². The third kappa shape index (κ3) is 10.5. The quantitative estimate of drug-likeness (QED) is 0.0970. The Labute approximate surface area is 213 Å². The molecule has 1 heterocycles. The van der Waals surface area contributed by atoms with Crippen molar-refractivity contribution in [2.75, 3.05) is 19.7 Å². The molecule has 0 aliphatic carbocycles. The van der Waals surface area contributed by atoms with E-state index in [1.54, 1.807) is 0 Å². The van der Waals surface area contributed by atoms with Crippen LogP contribution < -0.4 is 10.5 Å². The number of carboxylic acids is 2. The Kier molecular flexibility index (Phi) is 11.7. The summed E-state index contributed by atoms with van der Waals surface area (Å²) in [5, 5.41) is 32.4. The van der Waals surface area contributed by atoms with Crippen LogP contribution in [0.25, 0.3) is 6.08 Å². The molecule has 12 nitrogen and oxygen atoms in total. The molecule has 1 aromatic heterocycles. The lowest BCUT2D eigenvalue weighted by molar-refractivity contribution is -0.192. The lowest BCUT2D eigenvalue weighted by Crippen LogP contribution is -2.37. The van der Waals surface area contributed by atoms with Gasteiger partial charge in [0.25, 0.3) is 0 Å². The number of carboxylic acid groups (broad SMARTS) is 2. The van der Waals surface area contributed by atoms with Gasteiger partial charge in [-0.05, 0) is 55.8 Å². The number of aliphatic hydroxyl groups excluding tert-OH is 1. The number of nitrogens with zero attached hydrogens (tertiary/aromatic N) is 1. The van der Waals surface area contributed by atoms with Gasteiger partial charge in [0.1, 0.15) is 23.9 Å². The number of aliphatic hydroxyl groups is 1. The largest absolute Gasteiger partial charge is 0.490 e. The molecule has 0 unspecified atom stereocenters. The molecule has 0 spiro atoms. The molecule has 206 valence electrons. The number of carbonyl (C=O) groups is 4. The highest BCUT2D eigenvalue weighted by Gasteiger charge is 2.38. The molecule has 2 rings (SSSR count). The summed E-state index contributed by atoms with van der Waals surface area (Å²) in [4.78, 5) is 45.7. The van der Waals surface area contributed by atoms with E-state index < -0.39 is 36.5 Å². The Bertz CT molecular complexity index is 1190. The van der Waals surface area contributed by atoms with E-state index in [0.717, 1.165) is 4.90 Å². The monoisotopic (exact) mass is 543 g/mol. The van der Waals surface area contributed by atoms with Crippen molar-refractivity contribution < 1.29 is 56.8 Å². The number of hydrogen-bond acceptors (Lipinski definition) is 8. The average Bonchev–Trinajstić information content (AvgIpc) is 3.29. The maximum Gasteiger partial charge on any atom is 0.490 e. The molecule has 0 aliphatic rings. The van der Waals surface area contributed by atoms with Crippen molar-refractivity contribution in [3.05, 3.63) is 59.1 Å². The lowest BCUT2D eigenvalue weighted by Gasteiger charge is -2.20. The van der Waals surface area contributed by atoms with Crippen molar-refractivity contribution in [1.82, 2.24) is 4.90 Å². The van der Waals surface area contributed by atoms with Crippen LogP contribution in [-0.4, -0.2) is 75.7 Å². The fourth-order valence-corrected chi connectivity index (χ4v) is 2.60. The van der Waals surface area contributed by atoms with Gasteiger partial charge in [0.05, 0.1) is 0 Å². The van der Waals surface area contributed by atoms with E-state index in [9.17, 15) is 27.6 Å². The fraction of sp³-hybridized carbons (Fsp3) is 0.261. The highest BCUT2D eigenvalue weighted by atomic mass is 19.4. The second-order valence-corrected chi connectivity index (χ2v) is 7.36. The minimum absolute atomic E-state index is 0.0883. The number of aliphatic carboxylic acids is 2. The number of amides is 1. The van der Waals surface area contributed by atoms with Gasteiger partial charge in [-0.1, -0.05) is 0 Å². The van der Waals surface area contributed by atoms with Crippen LogP contribution in [-0.2, 0) is 14.4 Å². The zero-order valence-electron chi connectivity index (χ0n) is 19.8. The number of rotatable bonds is 10. The first-order valence-electron chi connectivity index (χ1n) is 10.5. The summed E-state index contributed by atoms with van der Waals surface area (Å²) in [7, 11) is 0. The molecule has 1 aromatic carbocycles. The standard InChI is InChI=1S/C21H23N3O7.C2HF3O2/c1-13(20(28)24(9-2-10-25)12-18(26)27)11-16-7-8-17(30-16)21(29)31-15-5-3-14(4-6-15)19(22)23;3-2(4,5)1(6)7/h3-8,11,25H,2,9-10,12H2,1H3,(H3,22,23)(H,26,27);(H,6,7)/b13-11+;. The molecule has 0 atom stereocenters. The molecular weight excluding hydrogens is 519 g/mol. The number of hydrogen-bond donors (Lipinski definition) is 5. The average molecular weight is 543 g/mol. The molecule has 15 heteroatoms. The second-order valence-electron chi connectivity index (χ2n) is 7.36. The molecular formula is C23H24F3N3O9. The van der Waals surface area contributed by atoms with Gasteiger partial charge in [-0.15, -0.1) is 0 Å². The first-order valence-corrected chi connectivity index (χ1v) is 10.5. The molecule has 0 saturated heterocycles. The molecule has 6 N–H and O–H groups in total. The number of carbonyl (C=O) groups excluding carboxylic acids is 2. The summed E-state index contributed by atoms with van der Waals surface area (Å²) in [6.07, 6.45) is -3.45. The van der Waals surface area contributed by atoms with Crippen molar-refractivity contribution in [3.8, 4) is 5.75 Å². The predicted octanol–water partition coefficient (Wildman–Crippen LogP) is 2.12. The zero-order valence-corrected chi connectivity index (χ0v) is 19.8. The number of benzene rings is 1. The smallest absolute Gasteiger partial charge is 0.480 e. The van der Waals surface area contributed by atoms with Gasteiger partial charge in [-0.25, -0.2) is 9.59 Å². The topological polar surface area (TPSA) is 204 Å². The summed E-state index contributed by atoms with van der Waals surface area (Å²) in [5.41, 5.74) is 6.06. The van der Waals surface area contributed by atoms with Gasteiger partial charge in [0, 0.05) is 24.3 Å². The maximum absolute atomic E-state index is 12.5. The predicted molar refractivity (Wildman–Crippen MR) is 124 cm³/mol. The van der Waals surface area contributed by atoms with E-state index in [0.29, 0.717) is 5.56 Å². The van der Waals surface area contributed by atoms with Crippen LogP contribution in [0.5, 0.6) is 5.75 Å². The molecule has 2 aromatic rings. The SMILES string of the molecule is C/C(=C\c1ccc(C(=O)Oc2ccc(C(=N)N)cc2)o1)C(=O)N(CCCO)CC(=O)O.O=C(O)C(F)(F)F. The maximum atomic E-state index is 12.5. The van der Waals surface area contributed by atoms with Crippen molar-refractivity contribution in [2.24, 2.45) is 5.73 Å². The van der Waals surface area contributed by atoms with Gasteiger partial charge in [-0.3, -0.25) is 15.0 Å². The second kappa shape index (κ2) is 14.2. The third-order valence-electron chi connectivity index (χ3n) is 4.34. The van der Waals surface area contributed by atoms with Crippen LogP contribution in [0.4, 0.5) is 13.2 Å². The highest BCUT2D eigenvalue weighted by molar-refractivity contribution is 5.98. The number of furan rings is 1. The number of ether oxygens (including phenoxy) is 1. The molecule has 0 radical (unpaired) electrons. The van der Waals surface area contributed by atoms with E-state index in [1.165, 1.54) is 49.4 Å². The Balaban J connectivity index is 0.000000905. The number of alkyl halides is 3. The first kappa shape index (κ1) is 31.4. The summed E-state index contributed by atoms with van der Waals surface area (Å²) in [5.74, 6) is -4.96. The van der Waals surface area contributed by atoms with Gasteiger partial charge in [0.15, 0.2) is 0 Å². The first-order chi connectivity index (χ1) is 17.6. The number of nitrogen functional groups attached to an aromatic ring is 1. The van der Waals surface area contributed by atoms with Crippen LogP contribution >= 0.6 is 0 Å². The summed E-state index contributed by atoms with van der Waals surface area (Å²) in [6, 6.07) is 8.92. The number of esters is 1. The fourth-order valence-electron chi connectivity index (χ4n) is 2.60. The van der Waals surface area contributed by atoms with Crippen molar-refractivity contribution in [1.29, 1.82) is 5.41 Å². The van der Waals surface area contributed by atoms with E-state index in [1.807, 2.05) is 0 Å². The Morgan fingerprint density at radius 1 is 1.11 bits per heavy atom. The molecule has 1 amide bonds. The zero-order chi connectivity index (χ0) is 29.0. The molecule has 0 fully saturated rings. The van der Waals surface area contributed by atoms with Crippen molar-refractivity contribution in [3.63, 3.8) is 0 Å². The van der Waals surface area contributed by atoms with Crippen LogP contribution in [0.1, 0.15) is 35.2 Å². The summed E-state index contributed by atoms with van der Waals surface area (Å²) in [6.45, 7) is 0.910. The lowest BCUT2D eigenvalue weighted by atomic mass is 10.2. The van der Waals surface area contributed by atoms with E-state index in [-0.39, 0.29) is 48.3 Å². The number of halogens is 3. The Morgan fingerprint density at radius 3 is 2.16 bits per heavy atom. The normalized spacial score (nSPS) is 11.1. The highest BCUT2D eigenvalue weighted by Crippen LogP contribution is 2.18. The van der Waals surface area contributed by atoms with Gasteiger partial charge >= 0.3 is 24.1 Å². The van der Waals surface area contributed by atoms with Crippen molar-refractivity contribution in [2.45, 2.75) is 19.5 Å². The molecule has 0 saturated carbocycles. The molecule has 0 aliphatic heterocycles. The van der Waals surface area contributed by atoms with E-state index in [4.69, 9.17) is 40.4 Å². The molecule has 0 bridgehead atoms. The minimum Gasteiger partial charge on any atom is -0.480 e. The van der Waals surface area contributed by atoms with Crippen molar-refractivity contribution >= 4 is 35.7 Å². The number of amidine groups is 1. The van der Waals surface area contributed by atoms with Gasteiger partial charge in [-0.2, -0.15) is 13.2 Å². The summed E-state index contributed by atoms with van der Waals surface area (Å²) >= 11 is 0. The molecule has 38 heavy (non-hydrogen) atoms. The summed E-state index contributed by atoms with van der Waals surface area (Å²) < 4.78 is 42.3. The van der Waals surface area contributed by atoms with Gasteiger partial charge < -0.3 is 35.1 Å². The van der Waals surface area contributed by atoms with Gasteiger partial charge in [0.2, 0.25) is 11.7 Å². The Morgan fingerprint density at radius 2 is 1.68 bits per heavy atom. The Hall–Kier alpha value is -4.66. The van der Waals surface area contributed by atoms with Crippen LogP contribution in [0, 0.1) is 5.41 Å². The third-order valence-corrected chi connectivity index (χ3v) is 4.34. The van der Waals surface area contributed by atoms with E-state index in [2.05, 4.69) is 0 Å². The van der Waals surface area contributed by atoms with E-state index >= 15 is 0 Å². The number of nitrogens with one attached hydrogen (secondary N) is 1. The number of nitrogens with two attached hydrogens (primary N) is 1. The minimum atomic E-state index is -5.08. The van der Waals surface area contributed by atoms with Crippen LogP contribution in [0.15, 0.2) is 46.4 Å².